The predicted octanol–water partition coefficient (Wildman–Crippen LogP) is 4.06. The van der Waals surface area contributed by atoms with Crippen molar-refractivity contribution < 1.29 is 4.74 Å². The highest BCUT2D eigenvalue weighted by Crippen LogP contribution is 2.19. The summed E-state index contributed by atoms with van der Waals surface area (Å²) in [7, 11) is 1.93. The van der Waals surface area contributed by atoms with Crippen molar-refractivity contribution >= 4 is 24.0 Å². The van der Waals surface area contributed by atoms with Crippen LogP contribution in [0.15, 0.2) is 48.5 Å². The third-order valence-electron chi connectivity index (χ3n) is 2.65. The zero-order chi connectivity index (χ0) is 12.8. The lowest BCUT2D eigenvalue weighted by Crippen LogP contribution is -2.07. The monoisotopic (exact) mass is 297 g/mol. The molecule has 0 heterocycles. The summed E-state index contributed by atoms with van der Waals surface area (Å²) in [6, 6.07) is 15.8. The van der Waals surface area contributed by atoms with Crippen LogP contribution >= 0.6 is 24.0 Å². The molecule has 4 heteroatoms. The molecule has 1 N–H and O–H groups in total. The van der Waals surface area contributed by atoms with E-state index < -0.39 is 0 Å². The van der Waals surface area contributed by atoms with Crippen LogP contribution in [-0.4, -0.2) is 7.05 Å². The first-order chi connectivity index (χ1) is 8.79. The molecule has 0 bridgehead atoms. The van der Waals surface area contributed by atoms with E-state index in [1.54, 1.807) is 0 Å². The molecule has 2 aromatic carbocycles. The molecule has 2 aromatic rings. The Morgan fingerprint density at radius 2 is 1.74 bits per heavy atom. The normalized spacial score (nSPS) is 9.79. The van der Waals surface area contributed by atoms with Crippen LogP contribution in [-0.2, 0) is 13.2 Å². The molecule has 0 radical (unpaired) electrons. The van der Waals surface area contributed by atoms with Crippen molar-refractivity contribution in [1.82, 2.24) is 5.32 Å². The Morgan fingerprint density at radius 1 is 1.05 bits per heavy atom. The van der Waals surface area contributed by atoms with Gasteiger partial charge in [-0.3, -0.25) is 0 Å². The van der Waals surface area contributed by atoms with Crippen LogP contribution in [0.4, 0.5) is 0 Å². The second-order valence-corrected chi connectivity index (χ2v) is 4.49. The van der Waals surface area contributed by atoms with Gasteiger partial charge in [0.1, 0.15) is 12.4 Å². The highest BCUT2D eigenvalue weighted by molar-refractivity contribution is 6.30. The van der Waals surface area contributed by atoms with E-state index >= 15 is 0 Å². The highest BCUT2D eigenvalue weighted by Gasteiger charge is 2.02. The van der Waals surface area contributed by atoms with Gasteiger partial charge in [0.25, 0.3) is 0 Å². The van der Waals surface area contributed by atoms with Crippen LogP contribution in [0.3, 0.4) is 0 Å². The van der Waals surface area contributed by atoms with Crippen LogP contribution in [0.2, 0.25) is 5.02 Å². The smallest absolute Gasteiger partial charge is 0.124 e. The van der Waals surface area contributed by atoms with Crippen molar-refractivity contribution in [2.24, 2.45) is 0 Å². The van der Waals surface area contributed by atoms with Gasteiger partial charge in [0.05, 0.1) is 0 Å². The topological polar surface area (TPSA) is 21.3 Å². The lowest BCUT2D eigenvalue weighted by molar-refractivity contribution is 0.302. The summed E-state index contributed by atoms with van der Waals surface area (Å²) in [6.07, 6.45) is 0. The van der Waals surface area contributed by atoms with Gasteiger partial charge in [-0.05, 0) is 30.8 Å². The van der Waals surface area contributed by atoms with Crippen molar-refractivity contribution in [2.75, 3.05) is 7.05 Å². The Bertz CT molecular complexity index is 500. The number of para-hydroxylation sites is 1. The number of ether oxygens (including phenoxy) is 1. The zero-order valence-corrected chi connectivity index (χ0v) is 12.3. The number of nitrogens with one attached hydrogen (secondary N) is 1. The minimum Gasteiger partial charge on any atom is -0.489 e. The number of benzene rings is 2. The summed E-state index contributed by atoms with van der Waals surface area (Å²) in [6.45, 7) is 1.36. The minimum atomic E-state index is 0. The average Bonchev–Trinajstić information content (AvgIpc) is 2.40. The molecular formula is C15H17Cl2NO. The van der Waals surface area contributed by atoms with E-state index in [2.05, 4.69) is 11.4 Å². The number of rotatable bonds is 5. The second-order valence-electron chi connectivity index (χ2n) is 4.05. The number of hydrogen-bond acceptors (Lipinski definition) is 2. The molecule has 0 spiro atoms. The zero-order valence-electron chi connectivity index (χ0n) is 10.7. The summed E-state index contributed by atoms with van der Waals surface area (Å²) in [4.78, 5) is 0. The van der Waals surface area contributed by atoms with Gasteiger partial charge in [-0.1, -0.05) is 41.9 Å². The molecular weight excluding hydrogens is 281 g/mol. The summed E-state index contributed by atoms with van der Waals surface area (Å²) in [5, 5.41) is 3.88. The van der Waals surface area contributed by atoms with E-state index in [1.807, 2.05) is 49.5 Å². The lowest BCUT2D eigenvalue weighted by Gasteiger charge is -2.11. The van der Waals surface area contributed by atoms with E-state index in [1.165, 1.54) is 0 Å². The SMILES string of the molecule is CNCc1ccccc1OCc1ccc(Cl)cc1.Cl. The third kappa shape index (κ3) is 4.75. The fourth-order valence-electron chi connectivity index (χ4n) is 1.72. The maximum Gasteiger partial charge on any atom is 0.124 e. The highest BCUT2D eigenvalue weighted by atomic mass is 35.5. The van der Waals surface area contributed by atoms with Gasteiger partial charge in [0.2, 0.25) is 0 Å². The maximum atomic E-state index is 5.85. The summed E-state index contributed by atoms with van der Waals surface area (Å²) < 4.78 is 5.83. The van der Waals surface area contributed by atoms with Gasteiger partial charge < -0.3 is 10.1 Å². The first-order valence-electron chi connectivity index (χ1n) is 5.89. The standard InChI is InChI=1S/C15H16ClNO.ClH/c1-17-10-13-4-2-3-5-15(13)18-11-12-6-8-14(16)9-7-12;/h2-9,17H,10-11H2,1H3;1H. The van der Waals surface area contributed by atoms with E-state index in [0.29, 0.717) is 6.61 Å². The van der Waals surface area contributed by atoms with Crippen molar-refractivity contribution in [1.29, 1.82) is 0 Å². The molecule has 2 rings (SSSR count). The molecule has 2 nitrogen and oxygen atoms in total. The van der Waals surface area contributed by atoms with Crippen LogP contribution in [0.5, 0.6) is 5.75 Å². The van der Waals surface area contributed by atoms with Crippen molar-refractivity contribution in [3.8, 4) is 5.75 Å². The maximum absolute atomic E-state index is 5.85. The lowest BCUT2D eigenvalue weighted by atomic mass is 10.2. The van der Waals surface area contributed by atoms with Crippen molar-refractivity contribution in [2.45, 2.75) is 13.2 Å². The van der Waals surface area contributed by atoms with Crippen molar-refractivity contribution in [3.05, 3.63) is 64.7 Å². The van der Waals surface area contributed by atoms with Gasteiger partial charge in [-0.2, -0.15) is 0 Å². The molecule has 0 atom stereocenters. The molecule has 0 aliphatic rings. The Balaban J connectivity index is 0.00000180. The van der Waals surface area contributed by atoms with Crippen molar-refractivity contribution in [3.63, 3.8) is 0 Å². The fourth-order valence-corrected chi connectivity index (χ4v) is 1.85. The quantitative estimate of drug-likeness (QED) is 0.898. The third-order valence-corrected chi connectivity index (χ3v) is 2.90. The van der Waals surface area contributed by atoms with E-state index in [0.717, 1.165) is 28.4 Å². The Labute approximate surface area is 125 Å². The molecule has 0 saturated carbocycles. The first kappa shape index (κ1) is 15.8. The molecule has 0 aromatic heterocycles. The van der Waals surface area contributed by atoms with E-state index in [9.17, 15) is 0 Å². The Hall–Kier alpha value is -1.22. The summed E-state index contributed by atoms with van der Waals surface area (Å²) in [5.74, 6) is 0.918. The van der Waals surface area contributed by atoms with Gasteiger partial charge in [-0.25, -0.2) is 0 Å². The Kier molecular flexibility index (Phi) is 6.71. The summed E-state index contributed by atoms with van der Waals surface area (Å²) >= 11 is 5.85. The van der Waals surface area contributed by atoms with Crippen LogP contribution in [0.25, 0.3) is 0 Å². The van der Waals surface area contributed by atoms with Gasteiger partial charge >= 0.3 is 0 Å². The molecule has 0 aliphatic carbocycles. The van der Waals surface area contributed by atoms with Gasteiger partial charge in [0, 0.05) is 17.1 Å². The molecule has 0 amide bonds. The van der Waals surface area contributed by atoms with Crippen LogP contribution in [0, 0.1) is 0 Å². The largest absolute Gasteiger partial charge is 0.489 e. The molecule has 19 heavy (non-hydrogen) atoms. The van der Waals surface area contributed by atoms with Crippen LogP contribution < -0.4 is 10.1 Å². The molecule has 0 unspecified atom stereocenters. The molecule has 0 aliphatic heterocycles. The number of halogens is 2. The van der Waals surface area contributed by atoms with Gasteiger partial charge in [-0.15, -0.1) is 12.4 Å². The number of hydrogen-bond donors (Lipinski definition) is 1. The van der Waals surface area contributed by atoms with Crippen LogP contribution in [0.1, 0.15) is 11.1 Å². The minimum absolute atomic E-state index is 0. The van der Waals surface area contributed by atoms with E-state index in [4.69, 9.17) is 16.3 Å². The Morgan fingerprint density at radius 3 is 2.42 bits per heavy atom. The molecule has 0 fully saturated rings. The van der Waals surface area contributed by atoms with E-state index in [-0.39, 0.29) is 12.4 Å². The van der Waals surface area contributed by atoms with Gasteiger partial charge in [0.15, 0.2) is 0 Å². The molecule has 102 valence electrons. The second kappa shape index (κ2) is 8.05. The summed E-state index contributed by atoms with van der Waals surface area (Å²) in [5.41, 5.74) is 2.27. The average molecular weight is 298 g/mol. The first-order valence-corrected chi connectivity index (χ1v) is 6.27. The molecule has 0 saturated heterocycles. The predicted molar refractivity (Wildman–Crippen MR) is 82.2 cm³/mol. The fraction of sp³-hybridized carbons (Fsp3) is 0.200.